The van der Waals surface area contributed by atoms with Crippen molar-refractivity contribution in [3.8, 4) is 5.75 Å². The fourth-order valence-corrected chi connectivity index (χ4v) is 4.18. The minimum absolute atomic E-state index is 0.0202. The maximum Gasteiger partial charge on any atom is 0.326 e. The van der Waals surface area contributed by atoms with Gasteiger partial charge in [-0.1, -0.05) is 19.8 Å². The van der Waals surface area contributed by atoms with Crippen molar-refractivity contribution >= 4 is 23.7 Å². The van der Waals surface area contributed by atoms with E-state index in [4.69, 9.17) is 9.47 Å². The zero-order chi connectivity index (χ0) is 21.9. The molecule has 1 saturated heterocycles. The summed E-state index contributed by atoms with van der Waals surface area (Å²) in [4.78, 5) is 50.3. The molecule has 30 heavy (non-hydrogen) atoms. The zero-order valence-electron chi connectivity index (χ0n) is 17.7. The van der Waals surface area contributed by atoms with Crippen LogP contribution in [0.4, 0.5) is 4.79 Å². The molecule has 3 amide bonds. The number of nitrogens with one attached hydrogen (secondary N) is 1. The molecule has 1 aromatic rings. The lowest BCUT2D eigenvalue weighted by Gasteiger charge is -2.36. The normalized spacial score (nSPS) is 23.4. The van der Waals surface area contributed by atoms with Gasteiger partial charge in [0.15, 0.2) is 5.78 Å². The van der Waals surface area contributed by atoms with Crippen LogP contribution in [0.3, 0.4) is 0 Å². The molecule has 1 spiro atoms. The Balaban J connectivity index is 1.66. The molecule has 8 nitrogen and oxygen atoms in total. The van der Waals surface area contributed by atoms with E-state index in [0.29, 0.717) is 29.9 Å². The Morgan fingerprint density at radius 2 is 2.03 bits per heavy atom. The molecule has 0 unspecified atom stereocenters. The van der Waals surface area contributed by atoms with Crippen LogP contribution in [0.5, 0.6) is 5.75 Å². The highest BCUT2D eigenvalue weighted by molar-refractivity contribution is 6.09. The molecule has 1 aliphatic carbocycles. The van der Waals surface area contributed by atoms with Gasteiger partial charge in [0.25, 0.3) is 5.91 Å². The molecule has 8 heteroatoms. The van der Waals surface area contributed by atoms with E-state index >= 15 is 0 Å². The number of benzene rings is 1. The van der Waals surface area contributed by atoms with Crippen molar-refractivity contribution < 1.29 is 28.7 Å². The molecule has 3 rings (SSSR count). The molecule has 0 bridgehead atoms. The van der Waals surface area contributed by atoms with Gasteiger partial charge in [0, 0.05) is 11.1 Å². The summed E-state index contributed by atoms with van der Waals surface area (Å²) < 4.78 is 10.8. The van der Waals surface area contributed by atoms with Crippen molar-refractivity contribution in [3.05, 3.63) is 29.3 Å². The van der Waals surface area contributed by atoms with Crippen molar-refractivity contribution in [2.45, 2.75) is 58.6 Å². The van der Waals surface area contributed by atoms with Gasteiger partial charge in [-0.3, -0.25) is 19.3 Å². The Bertz CT molecular complexity index is 867. The lowest BCUT2D eigenvalue weighted by atomic mass is 9.73. The van der Waals surface area contributed by atoms with E-state index in [-0.39, 0.29) is 24.2 Å². The average Bonchev–Trinajstić information content (AvgIpc) is 2.94. The number of ether oxygens (including phenoxy) is 2. The quantitative estimate of drug-likeness (QED) is 0.417. The average molecular weight is 416 g/mol. The second kappa shape index (κ2) is 8.85. The fourth-order valence-electron chi connectivity index (χ4n) is 4.18. The molecule has 2 atom stereocenters. The summed E-state index contributed by atoms with van der Waals surface area (Å²) in [6, 6.07) is 4.37. The van der Waals surface area contributed by atoms with Gasteiger partial charge in [-0.15, -0.1) is 0 Å². The third-order valence-corrected chi connectivity index (χ3v) is 5.94. The number of carbonyl (C=O) groups is 4. The van der Waals surface area contributed by atoms with Crippen LogP contribution in [0.15, 0.2) is 18.2 Å². The maximum absolute atomic E-state index is 12.9. The van der Waals surface area contributed by atoms with Gasteiger partial charge in [0.05, 0.1) is 6.61 Å². The van der Waals surface area contributed by atoms with Crippen LogP contribution in [0, 0.1) is 5.92 Å². The number of Topliss-reactive ketones (excluding diaryl/α,β-unsaturated/α-hetero) is 1. The molecule has 2 fully saturated rings. The molecule has 1 saturated carbocycles. The van der Waals surface area contributed by atoms with Crippen LogP contribution in [-0.2, 0) is 20.9 Å². The van der Waals surface area contributed by atoms with E-state index in [1.54, 1.807) is 18.2 Å². The van der Waals surface area contributed by atoms with E-state index in [1.807, 2.05) is 13.8 Å². The number of hydrogen-bond acceptors (Lipinski definition) is 6. The Morgan fingerprint density at radius 1 is 1.27 bits per heavy atom. The molecule has 2 aliphatic rings. The van der Waals surface area contributed by atoms with Crippen LogP contribution >= 0.6 is 0 Å². The Kier molecular flexibility index (Phi) is 6.43. The van der Waals surface area contributed by atoms with Crippen LogP contribution < -0.4 is 10.1 Å². The third kappa shape index (κ3) is 4.17. The van der Waals surface area contributed by atoms with Crippen molar-refractivity contribution in [3.63, 3.8) is 0 Å². The summed E-state index contributed by atoms with van der Waals surface area (Å²) in [5.41, 5.74) is 0.118. The first-order valence-electron chi connectivity index (χ1n) is 10.3. The molecule has 1 heterocycles. The number of carbonyl (C=O) groups excluding carboxylic acids is 4. The van der Waals surface area contributed by atoms with Crippen molar-refractivity contribution in [1.29, 1.82) is 0 Å². The second-order valence-corrected chi connectivity index (χ2v) is 7.91. The zero-order valence-corrected chi connectivity index (χ0v) is 17.7. The van der Waals surface area contributed by atoms with Crippen LogP contribution in [0.25, 0.3) is 0 Å². The van der Waals surface area contributed by atoms with Gasteiger partial charge in [-0.2, -0.15) is 0 Å². The van der Waals surface area contributed by atoms with E-state index < -0.39 is 24.1 Å². The predicted molar refractivity (Wildman–Crippen MR) is 108 cm³/mol. The summed E-state index contributed by atoms with van der Waals surface area (Å²) in [6.45, 7) is 5.08. The first-order valence-corrected chi connectivity index (χ1v) is 10.3. The van der Waals surface area contributed by atoms with Gasteiger partial charge >= 0.3 is 12.0 Å². The predicted octanol–water partition coefficient (Wildman–Crippen LogP) is 2.83. The van der Waals surface area contributed by atoms with Gasteiger partial charge in [-0.05, 0) is 50.8 Å². The third-order valence-electron chi connectivity index (χ3n) is 5.94. The largest absolute Gasteiger partial charge is 0.493 e. The molecule has 1 N–H and O–H groups in total. The number of ketones is 1. The fraction of sp³-hybridized carbons (Fsp3) is 0.545. The molecular weight excluding hydrogens is 388 g/mol. The number of nitrogens with zero attached hydrogens (tertiary/aromatic N) is 1. The number of imide groups is 1. The van der Waals surface area contributed by atoms with Crippen molar-refractivity contribution in [1.82, 2.24) is 10.2 Å². The number of esters is 1. The Morgan fingerprint density at radius 3 is 2.70 bits per heavy atom. The van der Waals surface area contributed by atoms with Crippen molar-refractivity contribution in [2.24, 2.45) is 5.92 Å². The number of urea groups is 1. The first kappa shape index (κ1) is 21.8. The second-order valence-electron chi connectivity index (χ2n) is 7.91. The Hall–Kier alpha value is -2.90. The molecule has 0 radical (unpaired) electrons. The topological polar surface area (TPSA) is 102 Å². The first-order chi connectivity index (χ1) is 14.3. The highest BCUT2D eigenvalue weighted by Crippen LogP contribution is 2.38. The number of amides is 3. The van der Waals surface area contributed by atoms with E-state index in [9.17, 15) is 19.2 Å². The van der Waals surface area contributed by atoms with E-state index in [2.05, 4.69) is 5.32 Å². The maximum atomic E-state index is 12.9. The molecule has 1 aromatic carbocycles. The smallest absolute Gasteiger partial charge is 0.326 e. The van der Waals surface area contributed by atoms with Crippen molar-refractivity contribution in [2.75, 3.05) is 13.2 Å². The van der Waals surface area contributed by atoms with Gasteiger partial charge < -0.3 is 14.8 Å². The lowest BCUT2D eigenvalue weighted by Crippen LogP contribution is -2.54. The summed E-state index contributed by atoms with van der Waals surface area (Å²) in [5, 5.41) is 2.82. The summed E-state index contributed by atoms with van der Waals surface area (Å²) >= 11 is 0. The SMILES string of the molecule is CCOc1ccc(C(C)=O)cc1COC(=O)CN1C(=O)N[C@]2(CCCC[C@@H]2C)C1=O. The molecule has 0 aromatic heterocycles. The summed E-state index contributed by atoms with van der Waals surface area (Å²) in [6.07, 6.45) is 3.33. The van der Waals surface area contributed by atoms with E-state index in [0.717, 1.165) is 24.2 Å². The minimum atomic E-state index is -0.909. The highest BCUT2D eigenvalue weighted by atomic mass is 16.5. The highest BCUT2D eigenvalue weighted by Gasteiger charge is 2.55. The monoisotopic (exact) mass is 416 g/mol. The minimum Gasteiger partial charge on any atom is -0.493 e. The van der Waals surface area contributed by atoms with Crippen LogP contribution in [0.2, 0.25) is 0 Å². The number of hydrogen-bond donors (Lipinski definition) is 1. The lowest BCUT2D eigenvalue weighted by molar-refractivity contribution is -0.149. The molecule has 162 valence electrons. The summed E-state index contributed by atoms with van der Waals surface area (Å²) in [5.74, 6) is -0.635. The number of rotatable bonds is 7. The van der Waals surface area contributed by atoms with Gasteiger partial charge in [-0.25, -0.2) is 4.79 Å². The Labute approximate surface area is 175 Å². The summed E-state index contributed by atoms with van der Waals surface area (Å²) in [7, 11) is 0. The van der Waals surface area contributed by atoms with Crippen LogP contribution in [0.1, 0.15) is 62.4 Å². The standard InChI is InChI=1S/C22H28N2O6/c1-4-29-18-9-8-16(15(3)25)11-17(18)13-30-19(26)12-24-20(27)22(23-21(24)28)10-6-5-7-14(22)2/h8-9,11,14H,4-7,10,12-13H2,1-3H3,(H,23,28)/t14-,22-/m0/s1. The van der Waals surface area contributed by atoms with Gasteiger partial charge in [0.1, 0.15) is 24.4 Å². The van der Waals surface area contributed by atoms with Crippen LogP contribution in [-0.4, -0.2) is 47.3 Å². The van der Waals surface area contributed by atoms with E-state index in [1.165, 1.54) is 6.92 Å². The van der Waals surface area contributed by atoms with Gasteiger partial charge in [0.2, 0.25) is 0 Å². The molecular formula is C22H28N2O6. The molecule has 1 aliphatic heterocycles.